The summed E-state index contributed by atoms with van der Waals surface area (Å²) >= 11 is 1.27. The van der Waals surface area contributed by atoms with E-state index in [1.807, 2.05) is 13.8 Å². The van der Waals surface area contributed by atoms with E-state index in [9.17, 15) is 14.1 Å². The Bertz CT molecular complexity index is 1070. The van der Waals surface area contributed by atoms with E-state index in [2.05, 4.69) is 20.3 Å². The molecule has 2 heterocycles. The van der Waals surface area contributed by atoms with Gasteiger partial charge in [-0.2, -0.15) is 4.40 Å². The molecule has 5 N–H and O–H groups in total. The lowest BCUT2D eigenvalue weighted by atomic mass is 10.1. The normalized spacial score (nSPS) is 16.0. The number of aliphatic hydroxyl groups is 1. The number of anilines is 2. The second-order valence-corrected chi connectivity index (χ2v) is 9.36. The fraction of sp³-hybridized carbons (Fsp3) is 0.286. The number of aliphatic hydroxyl groups excluding tert-OH is 1. The number of hydrogen-bond acceptors (Lipinski definition) is 7. The number of benzene rings is 1. The van der Waals surface area contributed by atoms with E-state index >= 15 is 0 Å². The number of amides is 1. The van der Waals surface area contributed by atoms with Gasteiger partial charge in [0.2, 0.25) is 0 Å². The number of thiophene rings is 1. The summed E-state index contributed by atoms with van der Waals surface area (Å²) in [6.07, 6.45) is 0.754. The highest BCUT2D eigenvalue weighted by Crippen LogP contribution is 2.29. The summed E-state index contributed by atoms with van der Waals surface area (Å²) in [5, 5.41) is 29.7. The minimum absolute atomic E-state index is 0.0381. The first-order valence-electron chi connectivity index (χ1n) is 9.75. The van der Waals surface area contributed by atoms with Gasteiger partial charge in [-0.3, -0.25) is 10.2 Å². The smallest absolute Gasteiger partial charge is 0.258 e. The Morgan fingerprint density at radius 3 is 2.77 bits per heavy atom. The van der Waals surface area contributed by atoms with Crippen LogP contribution in [0.4, 0.5) is 11.4 Å². The number of carbonyl (C=O) groups excluding carboxylic acids is 1. The minimum Gasteiger partial charge on any atom is -0.505 e. The van der Waals surface area contributed by atoms with E-state index in [1.165, 1.54) is 11.3 Å². The highest BCUT2D eigenvalue weighted by molar-refractivity contribution is 7.84. The average molecular weight is 460 g/mol. The molecule has 0 spiro atoms. The molecule has 1 unspecified atom stereocenters. The zero-order valence-corrected chi connectivity index (χ0v) is 19.1. The molecule has 1 atom stereocenters. The number of carbonyl (C=O) groups is 1. The fourth-order valence-corrected chi connectivity index (χ4v) is 4.48. The minimum atomic E-state index is -1.78. The molecular formula is C21H25N5O3S2. The summed E-state index contributed by atoms with van der Waals surface area (Å²) in [7, 11) is -0.0253. The van der Waals surface area contributed by atoms with Crippen LogP contribution in [-0.4, -0.2) is 40.4 Å². The van der Waals surface area contributed by atoms with Crippen molar-refractivity contribution in [2.75, 3.05) is 24.2 Å². The molecule has 2 aromatic rings. The van der Waals surface area contributed by atoms with Gasteiger partial charge in [0.1, 0.15) is 11.3 Å². The third-order valence-corrected chi connectivity index (χ3v) is 6.55. The molecule has 1 aliphatic heterocycles. The van der Waals surface area contributed by atoms with Gasteiger partial charge in [0.25, 0.3) is 5.91 Å². The topological polar surface area (TPSA) is 127 Å². The van der Waals surface area contributed by atoms with E-state index in [0.29, 0.717) is 27.9 Å². The highest BCUT2D eigenvalue weighted by atomic mass is 32.2. The fourth-order valence-electron chi connectivity index (χ4n) is 2.87. The second-order valence-electron chi connectivity index (χ2n) is 7.29. The van der Waals surface area contributed by atoms with Crippen molar-refractivity contribution in [2.45, 2.75) is 25.2 Å². The number of amidine groups is 1. The molecule has 0 bridgehead atoms. The lowest BCUT2D eigenvalue weighted by Crippen LogP contribution is -2.35. The van der Waals surface area contributed by atoms with E-state index in [0.717, 1.165) is 12.1 Å². The van der Waals surface area contributed by atoms with Gasteiger partial charge in [-0.05, 0) is 42.0 Å². The molecule has 31 heavy (non-hydrogen) atoms. The Hall–Kier alpha value is -2.98. The molecule has 164 valence electrons. The number of nitrogens with zero attached hydrogens (tertiary/aromatic N) is 1. The van der Waals surface area contributed by atoms with Crippen molar-refractivity contribution in [3.63, 3.8) is 0 Å². The van der Waals surface area contributed by atoms with Crippen molar-refractivity contribution in [1.29, 1.82) is 5.41 Å². The number of nitrogens with one attached hydrogen (secondary N) is 4. The molecule has 8 nitrogen and oxygen atoms in total. The lowest BCUT2D eigenvalue weighted by Gasteiger charge is -2.21. The van der Waals surface area contributed by atoms with Crippen LogP contribution in [0.25, 0.3) is 0 Å². The van der Waals surface area contributed by atoms with Gasteiger partial charge in [-0.25, -0.2) is 4.21 Å². The van der Waals surface area contributed by atoms with Crippen molar-refractivity contribution in [3.8, 4) is 0 Å². The summed E-state index contributed by atoms with van der Waals surface area (Å²) in [5.74, 6) is -0.762. The molecule has 1 aromatic carbocycles. The highest BCUT2D eigenvalue weighted by Gasteiger charge is 2.29. The van der Waals surface area contributed by atoms with Gasteiger partial charge in [0.05, 0.1) is 15.5 Å². The van der Waals surface area contributed by atoms with E-state index < -0.39 is 22.7 Å². The van der Waals surface area contributed by atoms with Crippen LogP contribution in [0, 0.1) is 11.3 Å². The molecule has 1 amide bonds. The predicted octanol–water partition coefficient (Wildman–Crippen LogP) is 3.68. The van der Waals surface area contributed by atoms with Crippen LogP contribution < -0.4 is 16.0 Å². The van der Waals surface area contributed by atoms with Gasteiger partial charge in [0.15, 0.2) is 22.6 Å². The van der Waals surface area contributed by atoms with Crippen LogP contribution in [0.1, 0.15) is 25.1 Å². The molecule has 0 fully saturated rings. The van der Waals surface area contributed by atoms with Crippen molar-refractivity contribution in [2.24, 2.45) is 10.3 Å². The number of allylic oxidation sites excluding steroid dienone is 1. The number of hydrogen-bond donors (Lipinski definition) is 5. The maximum atomic E-state index is 13.0. The third kappa shape index (κ3) is 5.20. The Kier molecular flexibility index (Phi) is 7.24. The second kappa shape index (κ2) is 9.88. The Morgan fingerprint density at radius 2 is 2.13 bits per heavy atom. The molecule has 0 radical (unpaired) electrons. The van der Waals surface area contributed by atoms with E-state index in [-0.39, 0.29) is 17.1 Å². The van der Waals surface area contributed by atoms with Gasteiger partial charge in [-0.15, -0.1) is 11.3 Å². The summed E-state index contributed by atoms with van der Waals surface area (Å²) in [6.45, 7) is 4.48. The zero-order valence-electron chi connectivity index (χ0n) is 17.5. The van der Waals surface area contributed by atoms with Crippen LogP contribution in [0.3, 0.4) is 0 Å². The first-order valence-corrected chi connectivity index (χ1v) is 11.7. The van der Waals surface area contributed by atoms with Crippen molar-refractivity contribution in [3.05, 3.63) is 51.9 Å². The number of rotatable bonds is 8. The van der Waals surface area contributed by atoms with Crippen LogP contribution in [0.2, 0.25) is 0 Å². The molecule has 3 rings (SSSR count). The van der Waals surface area contributed by atoms with Gasteiger partial charge in [0, 0.05) is 19.3 Å². The summed E-state index contributed by atoms with van der Waals surface area (Å²) in [5.41, 5.74) is 0.886. The molecule has 1 aromatic heterocycles. The van der Waals surface area contributed by atoms with Gasteiger partial charge in [-0.1, -0.05) is 19.9 Å². The summed E-state index contributed by atoms with van der Waals surface area (Å²) < 4.78 is 16.9. The van der Waals surface area contributed by atoms with Gasteiger partial charge >= 0.3 is 0 Å². The molecule has 0 saturated carbocycles. The Morgan fingerprint density at radius 1 is 1.35 bits per heavy atom. The maximum absolute atomic E-state index is 13.0. The lowest BCUT2D eigenvalue weighted by molar-refractivity contribution is -0.117. The molecule has 10 heteroatoms. The van der Waals surface area contributed by atoms with Crippen LogP contribution in [-0.2, 0) is 15.8 Å². The van der Waals surface area contributed by atoms with Crippen LogP contribution in [0.5, 0.6) is 0 Å². The zero-order chi connectivity index (χ0) is 22.5. The first-order chi connectivity index (χ1) is 14.8. The summed E-state index contributed by atoms with van der Waals surface area (Å²) in [4.78, 5) is 14.0. The largest absolute Gasteiger partial charge is 0.505 e. The van der Waals surface area contributed by atoms with Crippen LogP contribution in [0.15, 0.2) is 56.3 Å². The van der Waals surface area contributed by atoms with Crippen LogP contribution >= 0.6 is 11.3 Å². The van der Waals surface area contributed by atoms with Crippen molar-refractivity contribution < 1.29 is 14.1 Å². The number of fused-ring (bicyclic) bond motifs is 1. The molecule has 0 saturated heterocycles. The predicted molar refractivity (Wildman–Crippen MR) is 127 cm³/mol. The monoisotopic (exact) mass is 459 g/mol. The summed E-state index contributed by atoms with van der Waals surface area (Å²) in [6, 6.07) is 8.67. The molecular weight excluding hydrogens is 434 g/mol. The maximum Gasteiger partial charge on any atom is 0.258 e. The Labute approximate surface area is 187 Å². The molecule has 0 aliphatic carbocycles. The van der Waals surface area contributed by atoms with Crippen molar-refractivity contribution in [1.82, 2.24) is 5.32 Å². The Balaban J connectivity index is 2.00. The van der Waals surface area contributed by atoms with Crippen molar-refractivity contribution >= 4 is 51.2 Å². The van der Waals surface area contributed by atoms with E-state index in [1.54, 1.807) is 42.8 Å². The molecule has 1 aliphatic rings. The SMILES string of the molecule is CNc1ccc2c(c1)S(=O)N=C(/C(C(=O)NCCC(C)C)=C(\O)C(=N)c1cccs1)N2. The van der Waals surface area contributed by atoms with E-state index in [4.69, 9.17) is 5.41 Å². The third-order valence-electron chi connectivity index (χ3n) is 4.60. The first kappa shape index (κ1) is 22.7. The van der Waals surface area contributed by atoms with Gasteiger partial charge < -0.3 is 21.1 Å². The standard InChI is InChI=1S/C21H25N5O3S2/c1-12(2)8-9-24-21(28)17(19(27)18(22)15-5-4-10-30-15)20-25-14-7-6-13(23-3)11-16(14)31(29)26-20/h4-7,10-12,22-23,27H,8-9H2,1-3H3,(H,24,28)(H,25,26)/b19-17+,22-18?. The quantitative estimate of drug-likeness (QED) is 0.234. The average Bonchev–Trinajstić information content (AvgIpc) is 3.27.